The molecular weight excluding hydrogens is 336 g/mol. The lowest BCUT2D eigenvalue weighted by molar-refractivity contribution is 0.102. The van der Waals surface area contributed by atoms with Gasteiger partial charge in [0.25, 0.3) is 5.91 Å². The molecule has 6 heteroatoms. The van der Waals surface area contributed by atoms with Crippen LogP contribution < -0.4 is 10.0 Å². The molecule has 0 saturated carbocycles. The van der Waals surface area contributed by atoms with Crippen LogP contribution in [0, 0.1) is 0 Å². The predicted octanol–water partition coefficient (Wildman–Crippen LogP) is 3.58. The third-order valence-corrected chi connectivity index (χ3v) is 5.35. The van der Waals surface area contributed by atoms with E-state index in [0.717, 1.165) is 24.9 Å². The van der Waals surface area contributed by atoms with Crippen molar-refractivity contribution in [2.45, 2.75) is 38.0 Å². The first-order valence-corrected chi connectivity index (χ1v) is 9.94. The second kappa shape index (κ2) is 8.78. The van der Waals surface area contributed by atoms with Crippen LogP contribution in [0.4, 0.5) is 5.69 Å². The fraction of sp³-hybridized carbons (Fsp3) is 0.316. The molecule has 0 aromatic heterocycles. The number of unbranched alkanes of at least 4 members (excludes halogenated alkanes) is 1. The van der Waals surface area contributed by atoms with Gasteiger partial charge in [0.05, 0.1) is 4.90 Å². The number of aryl methyl sites for hydroxylation is 1. The Morgan fingerprint density at radius 1 is 0.960 bits per heavy atom. The van der Waals surface area contributed by atoms with Crippen molar-refractivity contribution in [3.63, 3.8) is 0 Å². The maximum atomic E-state index is 12.3. The van der Waals surface area contributed by atoms with E-state index < -0.39 is 10.0 Å². The first-order valence-electron chi connectivity index (χ1n) is 8.46. The minimum atomic E-state index is -3.51. The molecule has 134 valence electrons. The number of rotatable bonds is 8. The molecule has 5 nitrogen and oxygen atoms in total. The molecule has 0 heterocycles. The van der Waals surface area contributed by atoms with Gasteiger partial charge in [0.1, 0.15) is 0 Å². The van der Waals surface area contributed by atoms with Crippen molar-refractivity contribution in [1.29, 1.82) is 0 Å². The lowest BCUT2D eigenvalue weighted by atomic mass is 10.1. The zero-order valence-electron chi connectivity index (χ0n) is 14.6. The van der Waals surface area contributed by atoms with E-state index in [0.29, 0.717) is 12.1 Å². The Balaban J connectivity index is 2.03. The smallest absolute Gasteiger partial charge is 0.255 e. The van der Waals surface area contributed by atoms with Crippen molar-refractivity contribution in [3.05, 3.63) is 59.7 Å². The zero-order valence-corrected chi connectivity index (χ0v) is 15.4. The molecule has 25 heavy (non-hydrogen) atoms. The number of amides is 1. The fourth-order valence-corrected chi connectivity index (χ4v) is 3.44. The molecule has 0 unspecified atom stereocenters. The van der Waals surface area contributed by atoms with Crippen LogP contribution in [0.3, 0.4) is 0 Å². The number of anilines is 1. The number of nitrogens with one attached hydrogen (secondary N) is 2. The van der Waals surface area contributed by atoms with Crippen molar-refractivity contribution < 1.29 is 13.2 Å². The van der Waals surface area contributed by atoms with Crippen LogP contribution >= 0.6 is 0 Å². The van der Waals surface area contributed by atoms with Crippen LogP contribution in [-0.4, -0.2) is 20.9 Å². The average molecular weight is 360 g/mol. The highest BCUT2D eigenvalue weighted by Crippen LogP contribution is 2.15. The molecule has 0 spiro atoms. The average Bonchev–Trinajstić information content (AvgIpc) is 2.61. The quantitative estimate of drug-likeness (QED) is 0.755. The largest absolute Gasteiger partial charge is 0.322 e. The molecule has 0 saturated heterocycles. The van der Waals surface area contributed by atoms with Gasteiger partial charge >= 0.3 is 0 Å². The Labute approximate surface area is 149 Å². The highest BCUT2D eigenvalue weighted by Gasteiger charge is 2.13. The van der Waals surface area contributed by atoms with E-state index in [4.69, 9.17) is 0 Å². The topological polar surface area (TPSA) is 75.3 Å². The summed E-state index contributed by atoms with van der Waals surface area (Å²) in [6.45, 7) is 4.19. The minimum absolute atomic E-state index is 0.145. The Kier molecular flexibility index (Phi) is 6.73. The zero-order chi connectivity index (χ0) is 18.3. The van der Waals surface area contributed by atoms with Gasteiger partial charge in [0.2, 0.25) is 10.0 Å². The Hall–Kier alpha value is -2.18. The Morgan fingerprint density at radius 2 is 1.60 bits per heavy atom. The molecule has 2 N–H and O–H groups in total. The normalized spacial score (nSPS) is 11.3. The molecular formula is C19H24N2O3S. The van der Waals surface area contributed by atoms with Crippen LogP contribution in [0.1, 0.15) is 42.6 Å². The molecule has 2 rings (SSSR count). The van der Waals surface area contributed by atoms with Crippen molar-refractivity contribution in [2.75, 3.05) is 11.9 Å². The van der Waals surface area contributed by atoms with Crippen LogP contribution in [0.25, 0.3) is 0 Å². The lowest BCUT2D eigenvalue weighted by Crippen LogP contribution is -2.23. The van der Waals surface area contributed by atoms with Crippen molar-refractivity contribution in [3.8, 4) is 0 Å². The van der Waals surface area contributed by atoms with E-state index in [9.17, 15) is 13.2 Å². The summed E-state index contributed by atoms with van der Waals surface area (Å²) >= 11 is 0. The monoisotopic (exact) mass is 360 g/mol. The fourth-order valence-electron chi connectivity index (χ4n) is 2.40. The van der Waals surface area contributed by atoms with E-state index in [-0.39, 0.29) is 10.8 Å². The van der Waals surface area contributed by atoms with E-state index in [1.54, 1.807) is 6.92 Å². The Bertz CT molecular complexity index is 798. The molecule has 0 atom stereocenters. The van der Waals surface area contributed by atoms with E-state index in [1.807, 2.05) is 24.3 Å². The van der Waals surface area contributed by atoms with Gasteiger partial charge in [-0.2, -0.15) is 0 Å². The predicted molar refractivity (Wildman–Crippen MR) is 100 cm³/mol. The third-order valence-electron chi connectivity index (χ3n) is 3.79. The first-order chi connectivity index (χ1) is 12.0. The summed E-state index contributed by atoms with van der Waals surface area (Å²) < 4.78 is 26.2. The number of hydrogen-bond donors (Lipinski definition) is 2. The van der Waals surface area contributed by atoms with Crippen molar-refractivity contribution in [2.24, 2.45) is 0 Å². The van der Waals surface area contributed by atoms with E-state index >= 15 is 0 Å². The van der Waals surface area contributed by atoms with Gasteiger partial charge in [-0.25, -0.2) is 13.1 Å². The summed E-state index contributed by atoms with van der Waals surface area (Å²) in [7, 11) is -3.51. The number of carbonyl (C=O) groups is 1. The molecule has 0 bridgehead atoms. The third kappa shape index (κ3) is 5.41. The second-order valence-corrected chi connectivity index (χ2v) is 7.55. The van der Waals surface area contributed by atoms with Gasteiger partial charge in [0.15, 0.2) is 0 Å². The summed E-state index contributed by atoms with van der Waals surface area (Å²) in [6.07, 6.45) is 3.33. The van der Waals surface area contributed by atoms with Gasteiger partial charge in [-0.1, -0.05) is 32.4 Å². The molecule has 1 amide bonds. The van der Waals surface area contributed by atoms with Crippen LogP contribution in [0.5, 0.6) is 0 Å². The molecule has 0 radical (unpaired) electrons. The van der Waals surface area contributed by atoms with E-state index in [2.05, 4.69) is 17.0 Å². The highest BCUT2D eigenvalue weighted by atomic mass is 32.2. The van der Waals surface area contributed by atoms with Crippen molar-refractivity contribution >= 4 is 21.6 Å². The van der Waals surface area contributed by atoms with E-state index in [1.165, 1.54) is 29.8 Å². The highest BCUT2D eigenvalue weighted by molar-refractivity contribution is 7.89. The standard InChI is InChI=1S/C19H24N2O3S/c1-3-5-6-15-7-11-17(12-8-15)21-19(22)16-9-13-18(14-10-16)25(23,24)20-4-2/h7-14,20H,3-6H2,1-2H3,(H,21,22). The van der Waals surface area contributed by atoms with Crippen LogP contribution in [0.15, 0.2) is 53.4 Å². The number of hydrogen-bond acceptors (Lipinski definition) is 3. The maximum Gasteiger partial charge on any atom is 0.255 e. The summed E-state index contributed by atoms with van der Waals surface area (Å²) in [5.41, 5.74) is 2.37. The number of sulfonamides is 1. The molecule has 0 fully saturated rings. The molecule has 0 aliphatic rings. The second-order valence-electron chi connectivity index (χ2n) is 5.78. The minimum Gasteiger partial charge on any atom is -0.322 e. The van der Waals surface area contributed by atoms with Crippen LogP contribution in [0.2, 0.25) is 0 Å². The summed E-state index contributed by atoms with van der Waals surface area (Å²) in [5.74, 6) is -0.270. The summed E-state index contributed by atoms with van der Waals surface area (Å²) in [5, 5.41) is 2.82. The van der Waals surface area contributed by atoms with Crippen LogP contribution in [-0.2, 0) is 16.4 Å². The summed E-state index contributed by atoms with van der Waals surface area (Å²) in [6, 6.07) is 13.7. The Morgan fingerprint density at radius 3 is 2.16 bits per heavy atom. The maximum absolute atomic E-state index is 12.3. The van der Waals surface area contributed by atoms with Gasteiger partial charge in [-0.05, 0) is 54.8 Å². The first kappa shape index (κ1) is 19.1. The van der Waals surface area contributed by atoms with Crippen molar-refractivity contribution in [1.82, 2.24) is 4.72 Å². The SMILES string of the molecule is CCCCc1ccc(NC(=O)c2ccc(S(=O)(=O)NCC)cc2)cc1. The number of benzene rings is 2. The molecule has 0 aliphatic heterocycles. The molecule has 2 aromatic carbocycles. The molecule has 2 aromatic rings. The van der Waals surface area contributed by atoms with Gasteiger partial charge in [-0.15, -0.1) is 0 Å². The number of carbonyl (C=O) groups excluding carboxylic acids is 1. The van der Waals surface area contributed by atoms with Gasteiger partial charge in [-0.3, -0.25) is 4.79 Å². The summed E-state index contributed by atoms with van der Waals surface area (Å²) in [4.78, 5) is 12.4. The molecule has 0 aliphatic carbocycles. The van der Waals surface area contributed by atoms with Gasteiger partial charge in [0, 0.05) is 17.8 Å². The lowest BCUT2D eigenvalue weighted by Gasteiger charge is -2.08. The van der Waals surface area contributed by atoms with Gasteiger partial charge < -0.3 is 5.32 Å².